The van der Waals surface area contributed by atoms with Gasteiger partial charge in [-0.25, -0.2) is 18.3 Å². The van der Waals surface area contributed by atoms with Gasteiger partial charge >= 0.3 is 0 Å². The molecule has 2 aromatic carbocycles. The maximum Gasteiger partial charge on any atom is 0.271 e. The standard InChI is InChI=1S/C26H20F2N6O3/c1-2-37-21-11-12-33(17-6-3-15(27)4-7-17)26(36)24(21)25(35)30-16-5-8-18(19(28)13-16)20-9-10-23-31-22(29)14-34(23)32-20/h3-14H,2,29H2,1H3,(H,30,35). The van der Waals surface area contributed by atoms with Crippen molar-refractivity contribution in [1.29, 1.82) is 0 Å². The monoisotopic (exact) mass is 502 g/mol. The summed E-state index contributed by atoms with van der Waals surface area (Å²) in [5, 5.41) is 6.87. The molecule has 37 heavy (non-hydrogen) atoms. The topological polar surface area (TPSA) is 117 Å². The van der Waals surface area contributed by atoms with E-state index in [0.717, 1.165) is 6.07 Å². The number of imidazole rings is 1. The third-order valence-corrected chi connectivity index (χ3v) is 5.53. The molecule has 0 bridgehead atoms. The highest BCUT2D eigenvalue weighted by Gasteiger charge is 2.21. The van der Waals surface area contributed by atoms with Gasteiger partial charge in [-0.05, 0) is 67.6 Å². The molecule has 0 aliphatic carbocycles. The van der Waals surface area contributed by atoms with E-state index in [1.807, 2.05) is 0 Å². The predicted octanol–water partition coefficient (Wildman–Crippen LogP) is 4.06. The molecule has 0 atom stereocenters. The number of amides is 1. The molecule has 0 spiro atoms. The number of nitrogens with one attached hydrogen (secondary N) is 1. The Morgan fingerprint density at radius 3 is 2.59 bits per heavy atom. The number of hydrogen-bond acceptors (Lipinski definition) is 6. The first-order valence-corrected chi connectivity index (χ1v) is 11.2. The molecule has 0 saturated carbocycles. The van der Waals surface area contributed by atoms with Crippen molar-refractivity contribution >= 4 is 23.1 Å². The summed E-state index contributed by atoms with van der Waals surface area (Å²) in [6.45, 7) is 1.92. The maximum absolute atomic E-state index is 15.0. The van der Waals surface area contributed by atoms with Crippen LogP contribution in [0.5, 0.6) is 5.75 Å². The Balaban J connectivity index is 1.46. The van der Waals surface area contributed by atoms with Crippen molar-refractivity contribution in [2.75, 3.05) is 17.7 Å². The maximum atomic E-state index is 15.0. The molecule has 9 nitrogen and oxygen atoms in total. The second-order valence-electron chi connectivity index (χ2n) is 7.98. The molecule has 0 saturated heterocycles. The van der Waals surface area contributed by atoms with E-state index < -0.39 is 23.1 Å². The normalized spacial score (nSPS) is 11.0. The second-order valence-corrected chi connectivity index (χ2v) is 7.98. The Morgan fingerprint density at radius 2 is 1.86 bits per heavy atom. The van der Waals surface area contributed by atoms with Crippen LogP contribution in [0.1, 0.15) is 17.3 Å². The van der Waals surface area contributed by atoms with E-state index in [4.69, 9.17) is 10.5 Å². The summed E-state index contributed by atoms with van der Waals surface area (Å²) in [4.78, 5) is 30.5. The molecule has 0 unspecified atom stereocenters. The van der Waals surface area contributed by atoms with Crippen LogP contribution in [0, 0.1) is 11.6 Å². The number of carbonyl (C=O) groups is 1. The van der Waals surface area contributed by atoms with Crippen LogP contribution in [0.2, 0.25) is 0 Å². The van der Waals surface area contributed by atoms with Gasteiger partial charge in [-0.3, -0.25) is 14.2 Å². The number of nitrogens with zero attached hydrogens (tertiary/aromatic N) is 4. The molecule has 5 aromatic rings. The number of anilines is 2. The van der Waals surface area contributed by atoms with E-state index in [9.17, 15) is 14.0 Å². The van der Waals surface area contributed by atoms with E-state index in [2.05, 4.69) is 15.4 Å². The molecule has 0 aliphatic heterocycles. The third kappa shape index (κ3) is 4.61. The number of fused-ring (bicyclic) bond motifs is 1. The second kappa shape index (κ2) is 9.53. The van der Waals surface area contributed by atoms with Gasteiger partial charge in [0.05, 0.1) is 18.5 Å². The van der Waals surface area contributed by atoms with E-state index in [1.54, 1.807) is 19.1 Å². The first-order chi connectivity index (χ1) is 17.8. The molecule has 3 aromatic heterocycles. The van der Waals surface area contributed by atoms with Crippen LogP contribution < -0.4 is 21.3 Å². The molecule has 0 radical (unpaired) electrons. The van der Waals surface area contributed by atoms with Crippen molar-refractivity contribution in [1.82, 2.24) is 19.2 Å². The number of ether oxygens (including phenoxy) is 1. The minimum absolute atomic E-state index is 0.0672. The molecule has 3 heterocycles. The Hall–Kier alpha value is -5.06. The van der Waals surface area contributed by atoms with E-state index in [1.165, 1.54) is 63.9 Å². The summed E-state index contributed by atoms with van der Waals surface area (Å²) in [5.41, 5.74) is 6.26. The summed E-state index contributed by atoms with van der Waals surface area (Å²) in [6.07, 6.45) is 2.95. The highest BCUT2D eigenvalue weighted by atomic mass is 19.1. The number of pyridine rings is 1. The van der Waals surface area contributed by atoms with Gasteiger partial charge in [0.2, 0.25) is 0 Å². The number of nitrogen functional groups attached to an aromatic ring is 1. The molecule has 1 amide bonds. The highest BCUT2D eigenvalue weighted by Crippen LogP contribution is 2.25. The van der Waals surface area contributed by atoms with Gasteiger partial charge in [-0.2, -0.15) is 5.10 Å². The minimum Gasteiger partial charge on any atom is -0.493 e. The van der Waals surface area contributed by atoms with Crippen LogP contribution in [0.15, 0.2) is 77.9 Å². The Labute approximate surface area is 208 Å². The molecule has 186 valence electrons. The van der Waals surface area contributed by atoms with Gasteiger partial charge in [0.1, 0.15) is 28.8 Å². The SMILES string of the molecule is CCOc1ccn(-c2ccc(F)cc2)c(=O)c1C(=O)Nc1ccc(-c2ccc3nc(N)cn3n2)c(F)c1. The third-order valence-electron chi connectivity index (χ3n) is 5.53. The fourth-order valence-electron chi connectivity index (χ4n) is 3.85. The minimum atomic E-state index is -0.787. The van der Waals surface area contributed by atoms with Crippen molar-refractivity contribution in [2.45, 2.75) is 6.92 Å². The number of benzene rings is 2. The van der Waals surface area contributed by atoms with E-state index in [0.29, 0.717) is 17.0 Å². The van der Waals surface area contributed by atoms with Crippen LogP contribution in [0.25, 0.3) is 22.6 Å². The number of nitrogens with two attached hydrogens (primary N) is 1. The lowest BCUT2D eigenvalue weighted by molar-refractivity contribution is 0.102. The number of carbonyl (C=O) groups excluding carboxylic acids is 1. The summed E-state index contributed by atoms with van der Waals surface area (Å²) in [6, 6.07) is 14.1. The lowest BCUT2D eigenvalue weighted by Crippen LogP contribution is -2.29. The predicted molar refractivity (Wildman–Crippen MR) is 134 cm³/mol. The zero-order valence-corrected chi connectivity index (χ0v) is 19.5. The summed E-state index contributed by atoms with van der Waals surface area (Å²) < 4.78 is 36.5. The Bertz CT molecular complexity index is 1700. The molecular weight excluding hydrogens is 482 g/mol. The fourth-order valence-corrected chi connectivity index (χ4v) is 3.85. The number of aromatic nitrogens is 4. The average molecular weight is 502 g/mol. The first kappa shape index (κ1) is 23.7. The van der Waals surface area contributed by atoms with E-state index in [-0.39, 0.29) is 35.0 Å². The first-order valence-electron chi connectivity index (χ1n) is 11.2. The lowest BCUT2D eigenvalue weighted by atomic mass is 10.1. The zero-order valence-electron chi connectivity index (χ0n) is 19.5. The van der Waals surface area contributed by atoms with E-state index >= 15 is 4.39 Å². The van der Waals surface area contributed by atoms with Gasteiger partial charge in [-0.15, -0.1) is 0 Å². The fraction of sp³-hybridized carbons (Fsp3) is 0.0769. The van der Waals surface area contributed by atoms with Crippen LogP contribution in [0.4, 0.5) is 20.3 Å². The highest BCUT2D eigenvalue weighted by molar-refractivity contribution is 6.06. The molecule has 5 rings (SSSR count). The van der Waals surface area contributed by atoms with Crippen LogP contribution in [-0.4, -0.2) is 31.7 Å². The Kier molecular flexibility index (Phi) is 6.10. The van der Waals surface area contributed by atoms with Gasteiger partial charge in [0.15, 0.2) is 5.65 Å². The molecule has 0 aliphatic rings. The van der Waals surface area contributed by atoms with Gasteiger partial charge in [0, 0.05) is 23.1 Å². The van der Waals surface area contributed by atoms with Crippen LogP contribution >= 0.6 is 0 Å². The largest absolute Gasteiger partial charge is 0.493 e. The quantitative estimate of drug-likeness (QED) is 0.362. The van der Waals surface area contributed by atoms with Crippen molar-refractivity contribution in [3.05, 3.63) is 101 Å². The number of rotatable bonds is 6. The van der Waals surface area contributed by atoms with Crippen molar-refractivity contribution in [3.63, 3.8) is 0 Å². The smallest absolute Gasteiger partial charge is 0.271 e. The Morgan fingerprint density at radius 1 is 1.08 bits per heavy atom. The molecular formula is C26H20F2N6O3. The summed E-state index contributed by atoms with van der Waals surface area (Å²) in [5.74, 6) is -1.54. The molecule has 11 heteroatoms. The van der Waals surface area contributed by atoms with Gasteiger partial charge in [-0.1, -0.05) is 0 Å². The van der Waals surface area contributed by atoms with Crippen LogP contribution in [0.3, 0.4) is 0 Å². The zero-order chi connectivity index (χ0) is 26.1. The molecule has 3 N–H and O–H groups in total. The lowest BCUT2D eigenvalue weighted by Gasteiger charge is -2.14. The van der Waals surface area contributed by atoms with Crippen molar-refractivity contribution < 1.29 is 18.3 Å². The van der Waals surface area contributed by atoms with Gasteiger partial charge < -0.3 is 15.8 Å². The molecule has 0 fully saturated rings. The average Bonchev–Trinajstić information content (AvgIpc) is 3.24. The summed E-state index contributed by atoms with van der Waals surface area (Å²) in [7, 11) is 0. The number of halogens is 2. The number of hydrogen-bond donors (Lipinski definition) is 2. The van der Waals surface area contributed by atoms with Gasteiger partial charge in [0.25, 0.3) is 11.5 Å². The van der Waals surface area contributed by atoms with Crippen LogP contribution in [-0.2, 0) is 0 Å². The van der Waals surface area contributed by atoms with Crippen molar-refractivity contribution in [3.8, 4) is 22.7 Å². The van der Waals surface area contributed by atoms with Crippen molar-refractivity contribution in [2.24, 2.45) is 0 Å². The summed E-state index contributed by atoms with van der Waals surface area (Å²) >= 11 is 0.